The summed E-state index contributed by atoms with van der Waals surface area (Å²) in [6, 6.07) is 0. The second kappa shape index (κ2) is 12.0. The lowest BCUT2D eigenvalue weighted by Crippen LogP contribution is -2.58. The maximum absolute atomic E-state index is 12.2. The van der Waals surface area contributed by atoms with Gasteiger partial charge in [0.25, 0.3) is 0 Å². The lowest BCUT2D eigenvalue weighted by molar-refractivity contribution is -0.166. The molecule has 0 unspecified atom stereocenters. The van der Waals surface area contributed by atoms with Crippen LogP contribution in [0.2, 0.25) is 0 Å². The highest BCUT2D eigenvalue weighted by atomic mass is 35.5. The van der Waals surface area contributed by atoms with Gasteiger partial charge in [-0.3, -0.25) is 29.0 Å². The predicted octanol–water partition coefficient (Wildman–Crippen LogP) is -1.06. The molecule has 2 heterocycles. The Balaban J connectivity index is 1.79. The Morgan fingerprint density at radius 3 is 1.19 bits per heavy atom. The highest BCUT2D eigenvalue weighted by Gasteiger charge is 2.35. The quantitative estimate of drug-likeness (QED) is 0.204. The zero-order valence-corrected chi connectivity index (χ0v) is 19.4. The average molecular weight is 536 g/mol. The van der Waals surface area contributed by atoms with Crippen LogP contribution in [0.15, 0.2) is 0 Å². The first-order chi connectivity index (χ1) is 15.0. The van der Waals surface area contributed by atoms with E-state index in [1.165, 1.54) is 9.80 Å². The number of imide groups is 2. The van der Waals surface area contributed by atoms with E-state index in [1.54, 1.807) is 0 Å². The molecule has 2 saturated heterocycles. The Hall–Kier alpha value is -1.70. The first-order valence-corrected chi connectivity index (χ1v) is 10.7. The van der Waals surface area contributed by atoms with Gasteiger partial charge >= 0.3 is 11.9 Å². The summed E-state index contributed by atoms with van der Waals surface area (Å²) in [6.45, 7) is -1.30. The fourth-order valence-corrected chi connectivity index (χ4v) is 3.02. The minimum Gasteiger partial charge on any atom is -0.442 e. The van der Waals surface area contributed by atoms with Crippen LogP contribution in [0.4, 0.5) is 0 Å². The first-order valence-electron chi connectivity index (χ1n) is 9.00. The van der Waals surface area contributed by atoms with E-state index in [0.29, 0.717) is 0 Å². The number of carbonyl (C=O) groups is 6. The van der Waals surface area contributed by atoms with E-state index in [2.05, 4.69) is 9.47 Å². The molecule has 2 fully saturated rings. The normalized spacial score (nSPS) is 18.7. The number of rotatable bonds is 9. The van der Waals surface area contributed by atoms with Gasteiger partial charge in [-0.05, 0) is 0 Å². The minimum absolute atomic E-state index is 0.135. The summed E-state index contributed by atoms with van der Waals surface area (Å²) in [5, 5.41) is 0. The molecule has 0 aliphatic carbocycles. The number of ether oxygens (including phenoxy) is 2. The van der Waals surface area contributed by atoms with Crippen LogP contribution in [0.3, 0.4) is 0 Å². The molecule has 178 valence electrons. The van der Waals surface area contributed by atoms with Gasteiger partial charge in [0.2, 0.25) is 33.3 Å². The molecule has 0 radical (unpaired) electrons. The summed E-state index contributed by atoms with van der Waals surface area (Å²) in [4.78, 5) is 73.0. The smallest absolute Gasteiger partial charge is 0.341 e. The van der Waals surface area contributed by atoms with E-state index in [4.69, 9.17) is 46.4 Å². The molecule has 4 amide bonds. The lowest BCUT2D eigenvalue weighted by atomic mass is 10.2. The van der Waals surface area contributed by atoms with E-state index in [1.807, 2.05) is 0 Å². The molecule has 0 atom stereocenters. The molecular weight excluding hydrogens is 518 g/mol. The number of carbonyl (C=O) groups excluding carboxylic acids is 6. The Bertz CT molecular complexity index is 696. The van der Waals surface area contributed by atoms with Gasteiger partial charge in [-0.1, -0.05) is 46.4 Å². The molecule has 0 aromatic rings. The van der Waals surface area contributed by atoms with Crippen LogP contribution in [0.5, 0.6) is 0 Å². The van der Waals surface area contributed by atoms with Crippen LogP contribution in [-0.4, -0.2) is 118 Å². The third-order valence-electron chi connectivity index (χ3n) is 4.40. The fourth-order valence-electron chi connectivity index (χ4n) is 2.77. The SMILES string of the molecule is O=C(OCN1C(=O)CN(CCN2CC(=O)N(COC(=O)C(Cl)Cl)C(=O)C2)CC1=O)C(Cl)Cl. The van der Waals surface area contributed by atoms with Crippen LogP contribution in [0, 0.1) is 0 Å². The third kappa shape index (κ3) is 7.42. The average Bonchev–Trinajstić information content (AvgIpc) is 2.70. The second-order valence-electron chi connectivity index (χ2n) is 6.64. The zero-order valence-electron chi connectivity index (χ0n) is 16.4. The van der Waals surface area contributed by atoms with Crippen molar-refractivity contribution in [2.24, 2.45) is 0 Å². The van der Waals surface area contributed by atoms with Crippen LogP contribution < -0.4 is 0 Å². The molecule has 2 aliphatic heterocycles. The van der Waals surface area contributed by atoms with Crippen molar-refractivity contribution in [2.75, 3.05) is 52.7 Å². The summed E-state index contributed by atoms with van der Waals surface area (Å²) in [6.07, 6.45) is 0. The van der Waals surface area contributed by atoms with Crippen molar-refractivity contribution in [3.05, 3.63) is 0 Å². The minimum atomic E-state index is -1.43. The second-order valence-corrected chi connectivity index (χ2v) is 8.83. The number of nitrogens with zero attached hydrogens (tertiary/aromatic N) is 4. The lowest BCUT2D eigenvalue weighted by Gasteiger charge is -2.35. The number of piperazine rings is 2. The molecule has 2 rings (SSSR count). The summed E-state index contributed by atoms with van der Waals surface area (Å²) in [7, 11) is 0. The zero-order chi connectivity index (χ0) is 24.0. The number of halogens is 4. The van der Waals surface area contributed by atoms with Crippen molar-refractivity contribution in [2.45, 2.75) is 9.67 Å². The first kappa shape index (κ1) is 26.6. The van der Waals surface area contributed by atoms with Gasteiger partial charge in [0.05, 0.1) is 26.2 Å². The molecule has 0 aromatic heterocycles. The van der Waals surface area contributed by atoms with Gasteiger partial charge < -0.3 is 9.47 Å². The van der Waals surface area contributed by atoms with Gasteiger partial charge in [-0.15, -0.1) is 0 Å². The molecule has 0 spiro atoms. The van der Waals surface area contributed by atoms with Crippen molar-refractivity contribution in [1.29, 1.82) is 0 Å². The Morgan fingerprint density at radius 2 is 0.938 bits per heavy atom. The Kier molecular flexibility index (Phi) is 9.92. The van der Waals surface area contributed by atoms with Gasteiger partial charge in [0.1, 0.15) is 0 Å². The van der Waals surface area contributed by atoms with Crippen LogP contribution in [0.25, 0.3) is 0 Å². The molecule has 0 saturated carbocycles. The number of alkyl halides is 4. The molecule has 0 N–H and O–H groups in total. The summed E-state index contributed by atoms with van der Waals surface area (Å²) in [5.41, 5.74) is 0. The van der Waals surface area contributed by atoms with E-state index in [9.17, 15) is 28.8 Å². The van der Waals surface area contributed by atoms with Crippen LogP contribution >= 0.6 is 46.4 Å². The highest BCUT2D eigenvalue weighted by Crippen LogP contribution is 2.11. The number of hydrogen-bond donors (Lipinski definition) is 0. The molecule has 2 aliphatic rings. The largest absolute Gasteiger partial charge is 0.442 e. The standard InChI is InChI=1S/C16H18Cl4N4O8/c17-13(18)15(29)31-7-23-9(25)3-21(4-10(23)26)1-2-22-5-11(27)24(12(28)6-22)8-32-16(30)14(19)20/h13-14H,1-8H2. The van der Waals surface area contributed by atoms with Gasteiger partial charge in [0, 0.05) is 13.1 Å². The van der Waals surface area contributed by atoms with E-state index < -0.39 is 58.7 Å². The topological polar surface area (TPSA) is 134 Å². The van der Waals surface area contributed by atoms with Crippen molar-refractivity contribution in [1.82, 2.24) is 19.6 Å². The fraction of sp³-hybridized carbons (Fsp3) is 0.625. The van der Waals surface area contributed by atoms with Crippen molar-refractivity contribution < 1.29 is 38.2 Å². The van der Waals surface area contributed by atoms with E-state index >= 15 is 0 Å². The summed E-state index contributed by atoms with van der Waals surface area (Å²) >= 11 is 21.3. The van der Waals surface area contributed by atoms with Crippen LogP contribution in [0.1, 0.15) is 0 Å². The molecule has 0 bridgehead atoms. The Labute approximate surface area is 202 Å². The molecule has 16 heteroatoms. The summed E-state index contributed by atoms with van der Waals surface area (Å²) in [5.74, 6) is -4.33. The van der Waals surface area contributed by atoms with Crippen molar-refractivity contribution in [3.63, 3.8) is 0 Å². The van der Waals surface area contributed by atoms with Crippen molar-refractivity contribution >= 4 is 82.0 Å². The molecular formula is C16H18Cl4N4O8. The van der Waals surface area contributed by atoms with E-state index in [0.717, 1.165) is 9.80 Å². The van der Waals surface area contributed by atoms with E-state index in [-0.39, 0.29) is 39.3 Å². The predicted molar refractivity (Wildman–Crippen MR) is 109 cm³/mol. The van der Waals surface area contributed by atoms with Crippen LogP contribution in [-0.2, 0) is 38.2 Å². The number of amides is 4. The third-order valence-corrected chi connectivity index (χ3v) is 5.11. The monoisotopic (exact) mass is 534 g/mol. The molecule has 32 heavy (non-hydrogen) atoms. The van der Waals surface area contributed by atoms with Gasteiger partial charge in [-0.2, -0.15) is 0 Å². The Morgan fingerprint density at radius 1 is 0.656 bits per heavy atom. The summed E-state index contributed by atoms with van der Waals surface area (Å²) < 4.78 is 9.37. The maximum Gasteiger partial charge on any atom is 0.341 e. The molecule has 12 nitrogen and oxygen atoms in total. The van der Waals surface area contributed by atoms with Crippen molar-refractivity contribution in [3.8, 4) is 0 Å². The molecule has 0 aromatic carbocycles. The highest BCUT2D eigenvalue weighted by molar-refractivity contribution is 6.53. The van der Waals surface area contributed by atoms with Gasteiger partial charge in [-0.25, -0.2) is 19.4 Å². The number of hydrogen-bond acceptors (Lipinski definition) is 10. The maximum atomic E-state index is 12.2. The van der Waals surface area contributed by atoms with Gasteiger partial charge in [0.15, 0.2) is 13.5 Å². The number of esters is 2.